The standard InChI is InChI=1S/C19H22N4O4/c1-4-26-19(24)17-11-21-23(14-5-7-15(25-3)8-6-14)18(17)12-20-10-16-9-13(2)22-27-16/h5-9,11,20H,4,10,12H2,1-3H3. The molecule has 0 spiro atoms. The van der Waals surface area contributed by atoms with E-state index in [9.17, 15) is 4.79 Å². The average Bonchev–Trinajstić information content (AvgIpc) is 3.28. The summed E-state index contributed by atoms with van der Waals surface area (Å²) in [4.78, 5) is 12.3. The van der Waals surface area contributed by atoms with Gasteiger partial charge < -0.3 is 19.3 Å². The summed E-state index contributed by atoms with van der Waals surface area (Å²) < 4.78 is 17.3. The molecule has 2 heterocycles. The number of aromatic nitrogens is 3. The van der Waals surface area contributed by atoms with E-state index in [0.29, 0.717) is 31.0 Å². The molecular formula is C19H22N4O4. The Morgan fingerprint density at radius 3 is 2.67 bits per heavy atom. The van der Waals surface area contributed by atoms with Crippen molar-refractivity contribution in [2.24, 2.45) is 0 Å². The lowest BCUT2D eigenvalue weighted by molar-refractivity contribution is 0.0525. The van der Waals surface area contributed by atoms with Crippen molar-refractivity contribution in [2.75, 3.05) is 13.7 Å². The number of nitrogens with one attached hydrogen (secondary N) is 1. The van der Waals surface area contributed by atoms with Crippen molar-refractivity contribution in [3.63, 3.8) is 0 Å². The highest BCUT2D eigenvalue weighted by Crippen LogP contribution is 2.19. The van der Waals surface area contributed by atoms with Gasteiger partial charge in [-0.05, 0) is 38.1 Å². The molecule has 0 bridgehead atoms. The molecule has 0 radical (unpaired) electrons. The highest BCUT2D eigenvalue weighted by Gasteiger charge is 2.19. The largest absolute Gasteiger partial charge is 0.497 e. The summed E-state index contributed by atoms with van der Waals surface area (Å²) in [6.45, 7) is 4.83. The monoisotopic (exact) mass is 370 g/mol. The maximum atomic E-state index is 12.3. The minimum Gasteiger partial charge on any atom is -0.497 e. The van der Waals surface area contributed by atoms with Gasteiger partial charge in [0, 0.05) is 12.6 Å². The quantitative estimate of drug-likeness (QED) is 0.610. The van der Waals surface area contributed by atoms with Crippen LogP contribution in [0.5, 0.6) is 5.75 Å². The highest BCUT2D eigenvalue weighted by molar-refractivity contribution is 5.90. The van der Waals surface area contributed by atoms with Crippen molar-refractivity contribution in [3.8, 4) is 11.4 Å². The predicted octanol–water partition coefficient (Wildman–Crippen LogP) is 2.64. The Labute approximate surface area is 157 Å². The summed E-state index contributed by atoms with van der Waals surface area (Å²) in [6.07, 6.45) is 1.53. The summed E-state index contributed by atoms with van der Waals surface area (Å²) in [5, 5.41) is 11.5. The van der Waals surface area contributed by atoms with Crippen LogP contribution in [0.15, 0.2) is 41.1 Å². The van der Waals surface area contributed by atoms with E-state index >= 15 is 0 Å². The summed E-state index contributed by atoms with van der Waals surface area (Å²) in [7, 11) is 1.61. The molecule has 1 aromatic carbocycles. The molecular weight excluding hydrogens is 348 g/mol. The summed E-state index contributed by atoms with van der Waals surface area (Å²) in [6, 6.07) is 9.30. The SMILES string of the molecule is CCOC(=O)c1cnn(-c2ccc(OC)cc2)c1CNCc1cc(C)no1. The molecule has 3 aromatic rings. The Kier molecular flexibility index (Phi) is 5.87. The number of rotatable bonds is 8. The predicted molar refractivity (Wildman–Crippen MR) is 97.9 cm³/mol. The Balaban J connectivity index is 1.84. The molecule has 0 saturated heterocycles. The second-order valence-electron chi connectivity index (χ2n) is 5.87. The molecule has 0 fully saturated rings. The molecule has 3 rings (SSSR count). The third-order valence-electron chi connectivity index (χ3n) is 3.95. The molecule has 142 valence electrons. The second-order valence-corrected chi connectivity index (χ2v) is 5.87. The normalized spacial score (nSPS) is 10.8. The van der Waals surface area contributed by atoms with Gasteiger partial charge in [-0.25, -0.2) is 9.48 Å². The van der Waals surface area contributed by atoms with E-state index in [-0.39, 0.29) is 0 Å². The van der Waals surface area contributed by atoms with Crippen LogP contribution in [0.3, 0.4) is 0 Å². The van der Waals surface area contributed by atoms with Gasteiger partial charge in [0.05, 0.1) is 43.5 Å². The Morgan fingerprint density at radius 2 is 2.04 bits per heavy atom. The van der Waals surface area contributed by atoms with Gasteiger partial charge in [0.1, 0.15) is 11.3 Å². The van der Waals surface area contributed by atoms with Gasteiger partial charge in [-0.2, -0.15) is 5.10 Å². The molecule has 0 amide bonds. The van der Waals surface area contributed by atoms with Crippen molar-refractivity contribution in [3.05, 3.63) is 59.2 Å². The van der Waals surface area contributed by atoms with E-state index in [2.05, 4.69) is 15.6 Å². The number of aryl methyl sites for hydroxylation is 1. The van der Waals surface area contributed by atoms with E-state index in [0.717, 1.165) is 22.9 Å². The number of methoxy groups -OCH3 is 1. The maximum absolute atomic E-state index is 12.3. The van der Waals surface area contributed by atoms with Crippen LogP contribution in [-0.4, -0.2) is 34.6 Å². The number of benzene rings is 1. The van der Waals surface area contributed by atoms with E-state index in [1.807, 2.05) is 37.3 Å². The Bertz CT molecular complexity index is 899. The van der Waals surface area contributed by atoms with Gasteiger partial charge in [-0.3, -0.25) is 0 Å². The first kappa shape index (κ1) is 18.7. The summed E-state index contributed by atoms with van der Waals surface area (Å²) >= 11 is 0. The first-order valence-corrected chi connectivity index (χ1v) is 8.63. The third kappa shape index (κ3) is 4.35. The molecule has 8 nitrogen and oxygen atoms in total. The van der Waals surface area contributed by atoms with Crippen molar-refractivity contribution in [1.29, 1.82) is 0 Å². The van der Waals surface area contributed by atoms with Gasteiger partial charge in [0.15, 0.2) is 5.76 Å². The first-order chi connectivity index (χ1) is 13.1. The number of esters is 1. The molecule has 0 aliphatic heterocycles. The minimum absolute atomic E-state index is 0.302. The number of ether oxygens (including phenoxy) is 2. The van der Waals surface area contributed by atoms with Crippen molar-refractivity contribution in [2.45, 2.75) is 26.9 Å². The molecule has 27 heavy (non-hydrogen) atoms. The molecule has 0 atom stereocenters. The van der Waals surface area contributed by atoms with Crippen LogP contribution in [0.4, 0.5) is 0 Å². The van der Waals surface area contributed by atoms with Crippen LogP contribution in [0.1, 0.15) is 34.4 Å². The zero-order valence-electron chi connectivity index (χ0n) is 15.6. The zero-order valence-corrected chi connectivity index (χ0v) is 15.6. The van der Waals surface area contributed by atoms with Gasteiger partial charge >= 0.3 is 5.97 Å². The Morgan fingerprint density at radius 1 is 1.26 bits per heavy atom. The van der Waals surface area contributed by atoms with E-state index in [4.69, 9.17) is 14.0 Å². The molecule has 8 heteroatoms. The average molecular weight is 370 g/mol. The zero-order chi connectivity index (χ0) is 19.2. The summed E-state index contributed by atoms with van der Waals surface area (Å²) in [5.74, 6) is 1.07. The van der Waals surface area contributed by atoms with E-state index < -0.39 is 5.97 Å². The highest BCUT2D eigenvalue weighted by atomic mass is 16.5. The van der Waals surface area contributed by atoms with E-state index in [1.165, 1.54) is 6.20 Å². The van der Waals surface area contributed by atoms with Gasteiger partial charge in [-0.15, -0.1) is 0 Å². The lowest BCUT2D eigenvalue weighted by Gasteiger charge is -2.11. The van der Waals surface area contributed by atoms with Gasteiger partial charge in [-0.1, -0.05) is 5.16 Å². The van der Waals surface area contributed by atoms with Crippen LogP contribution in [0, 0.1) is 6.92 Å². The van der Waals surface area contributed by atoms with Crippen LogP contribution in [0.25, 0.3) is 5.69 Å². The van der Waals surface area contributed by atoms with Crippen LogP contribution in [0.2, 0.25) is 0 Å². The fraction of sp³-hybridized carbons (Fsp3) is 0.316. The number of nitrogens with zero attached hydrogens (tertiary/aromatic N) is 3. The van der Waals surface area contributed by atoms with Crippen molar-refractivity contribution in [1.82, 2.24) is 20.3 Å². The fourth-order valence-corrected chi connectivity index (χ4v) is 2.67. The van der Waals surface area contributed by atoms with Gasteiger partial charge in [0.2, 0.25) is 0 Å². The van der Waals surface area contributed by atoms with Crippen molar-refractivity contribution >= 4 is 5.97 Å². The lowest BCUT2D eigenvalue weighted by atomic mass is 10.2. The molecule has 2 aromatic heterocycles. The molecule has 1 N–H and O–H groups in total. The van der Waals surface area contributed by atoms with Crippen LogP contribution in [-0.2, 0) is 17.8 Å². The number of carbonyl (C=O) groups excluding carboxylic acids is 1. The van der Waals surface area contributed by atoms with E-state index in [1.54, 1.807) is 18.7 Å². The fourth-order valence-electron chi connectivity index (χ4n) is 2.67. The van der Waals surface area contributed by atoms with Crippen LogP contribution >= 0.6 is 0 Å². The first-order valence-electron chi connectivity index (χ1n) is 8.63. The van der Waals surface area contributed by atoms with Crippen molar-refractivity contribution < 1.29 is 18.8 Å². The number of hydrogen-bond acceptors (Lipinski definition) is 7. The van der Waals surface area contributed by atoms with Crippen LogP contribution < -0.4 is 10.1 Å². The third-order valence-corrected chi connectivity index (χ3v) is 3.95. The lowest BCUT2D eigenvalue weighted by Crippen LogP contribution is -2.18. The molecule has 0 unspecified atom stereocenters. The minimum atomic E-state index is -0.399. The topological polar surface area (TPSA) is 91.4 Å². The smallest absolute Gasteiger partial charge is 0.341 e. The number of carbonyl (C=O) groups is 1. The molecule has 0 saturated carbocycles. The number of hydrogen-bond donors (Lipinski definition) is 1. The summed E-state index contributed by atoms with van der Waals surface area (Å²) in [5.41, 5.74) is 2.77. The second kappa shape index (κ2) is 8.50. The van der Waals surface area contributed by atoms with Gasteiger partial charge in [0.25, 0.3) is 0 Å². The molecule has 0 aliphatic carbocycles. The maximum Gasteiger partial charge on any atom is 0.341 e. The Hall–Kier alpha value is -3.13. The molecule has 0 aliphatic rings.